The van der Waals surface area contributed by atoms with Crippen LogP contribution in [-0.2, 0) is 17.8 Å². The Bertz CT molecular complexity index is 735. The molecule has 0 aromatic carbocycles. The number of nitrogens with one attached hydrogen (secondary N) is 1. The van der Waals surface area contributed by atoms with Crippen LogP contribution in [0.1, 0.15) is 30.5 Å². The Morgan fingerprint density at radius 1 is 1.62 bits per heavy atom. The Morgan fingerprint density at radius 2 is 2.38 bits per heavy atom. The second-order valence-electron chi connectivity index (χ2n) is 5.16. The van der Waals surface area contributed by atoms with E-state index in [4.69, 9.17) is 5.11 Å². The highest BCUT2D eigenvalue weighted by Crippen LogP contribution is 2.32. The molecule has 112 valence electrons. The first-order chi connectivity index (χ1) is 10.1. The summed E-state index contributed by atoms with van der Waals surface area (Å²) >= 11 is 1.38. The Hall–Kier alpha value is -1.80. The summed E-state index contributed by atoms with van der Waals surface area (Å²) in [6.07, 6.45) is 2.63. The fourth-order valence-corrected chi connectivity index (χ4v) is 3.09. The largest absolute Gasteiger partial charge is 0.480 e. The maximum Gasteiger partial charge on any atom is 0.320 e. The first-order valence-electron chi connectivity index (χ1n) is 6.93. The van der Waals surface area contributed by atoms with Crippen molar-refractivity contribution in [2.24, 2.45) is 5.92 Å². The van der Waals surface area contributed by atoms with Crippen LogP contribution in [0.4, 0.5) is 0 Å². The molecule has 1 unspecified atom stereocenters. The van der Waals surface area contributed by atoms with Crippen LogP contribution < -0.4 is 10.9 Å². The summed E-state index contributed by atoms with van der Waals surface area (Å²) in [4.78, 5) is 28.1. The molecule has 8 heteroatoms. The van der Waals surface area contributed by atoms with Crippen molar-refractivity contribution in [2.75, 3.05) is 0 Å². The maximum atomic E-state index is 12.0. The number of aliphatic carboxylic acids is 1. The highest BCUT2D eigenvalue weighted by atomic mass is 32.1. The molecule has 0 radical (unpaired) electrons. The molecular weight excluding hydrogens is 292 g/mol. The summed E-state index contributed by atoms with van der Waals surface area (Å²) < 4.78 is 1.29. The van der Waals surface area contributed by atoms with Crippen molar-refractivity contribution >= 4 is 22.3 Å². The minimum atomic E-state index is -0.846. The molecule has 0 saturated heterocycles. The summed E-state index contributed by atoms with van der Waals surface area (Å²) in [5.74, 6) is -0.649. The highest BCUT2D eigenvalue weighted by Gasteiger charge is 2.35. The molecule has 7 nitrogen and oxygen atoms in total. The van der Waals surface area contributed by atoms with Gasteiger partial charge in [0.25, 0.3) is 5.56 Å². The van der Waals surface area contributed by atoms with E-state index < -0.39 is 12.0 Å². The molecule has 2 heterocycles. The third kappa shape index (κ3) is 2.96. The third-order valence-electron chi connectivity index (χ3n) is 3.50. The zero-order valence-electron chi connectivity index (χ0n) is 11.6. The van der Waals surface area contributed by atoms with E-state index in [1.54, 1.807) is 0 Å². The van der Waals surface area contributed by atoms with Crippen LogP contribution >= 0.6 is 11.3 Å². The molecule has 21 heavy (non-hydrogen) atoms. The quantitative estimate of drug-likeness (QED) is 0.814. The Balaban J connectivity index is 1.80. The predicted molar refractivity (Wildman–Crippen MR) is 77.5 cm³/mol. The summed E-state index contributed by atoms with van der Waals surface area (Å²) in [6.45, 7) is 2.25. The van der Waals surface area contributed by atoms with Crippen LogP contribution in [0.25, 0.3) is 4.96 Å². The molecule has 1 aliphatic rings. The Labute approximate surface area is 124 Å². The van der Waals surface area contributed by atoms with Crippen LogP contribution in [0.2, 0.25) is 0 Å². The SMILES string of the molecule is CCc1nn2c(=O)cc(CNC(C(=O)O)C3CC3)nc2s1. The summed E-state index contributed by atoms with van der Waals surface area (Å²) in [5, 5.41) is 17.2. The molecule has 1 aliphatic carbocycles. The summed E-state index contributed by atoms with van der Waals surface area (Å²) in [6, 6.07) is 0.850. The van der Waals surface area contributed by atoms with Crippen molar-refractivity contribution < 1.29 is 9.90 Å². The lowest BCUT2D eigenvalue weighted by molar-refractivity contribution is -0.140. The number of aromatic nitrogens is 3. The van der Waals surface area contributed by atoms with E-state index in [9.17, 15) is 9.59 Å². The van der Waals surface area contributed by atoms with Crippen LogP contribution in [-0.4, -0.2) is 31.7 Å². The number of rotatable bonds is 6. The normalized spacial score (nSPS) is 16.2. The molecule has 1 atom stereocenters. The molecule has 0 bridgehead atoms. The summed E-state index contributed by atoms with van der Waals surface area (Å²) in [7, 11) is 0. The van der Waals surface area contributed by atoms with Crippen molar-refractivity contribution in [3.8, 4) is 0 Å². The Kier molecular flexibility index (Phi) is 3.73. The first kappa shape index (κ1) is 14.2. The molecule has 1 fully saturated rings. The Morgan fingerprint density at radius 3 is 3.00 bits per heavy atom. The molecule has 0 amide bonds. The highest BCUT2D eigenvalue weighted by molar-refractivity contribution is 7.16. The van der Waals surface area contributed by atoms with E-state index in [0.717, 1.165) is 24.3 Å². The van der Waals surface area contributed by atoms with Crippen molar-refractivity contribution in [1.29, 1.82) is 0 Å². The van der Waals surface area contributed by atoms with Gasteiger partial charge in [0.1, 0.15) is 11.0 Å². The van der Waals surface area contributed by atoms with Crippen molar-refractivity contribution in [2.45, 2.75) is 38.8 Å². The zero-order valence-corrected chi connectivity index (χ0v) is 12.4. The van der Waals surface area contributed by atoms with Crippen molar-refractivity contribution in [3.05, 3.63) is 27.1 Å². The van der Waals surface area contributed by atoms with E-state index >= 15 is 0 Å². The van der Waals surface area contributed by atoms with Crippen LogP contribution in [0.5, 0.6) is 0 Å². The fourth-order valence-electron chi connectivity index (χ4n) is 2.23. The first-order valence-corrected chi connectivity index (χ1v) is 7.75. The molecule has 0 spiro atoms. The van der Waals surface area contributed by atoms with Gasteiger partial charge in [0.2, 0.25) is 4.96 Å². The number of carboxylic acid groups (broad SMARTS) is 1. The minimum Gasteiger partial charge on any atom is -0.480 e. The van der Waals surface area contributed by atoms with Gasteiger partial charge in [-0.2, -0.15) is 9.61 Å². The number of fused-ring (bicyclic) bond motifs is 1. The van der Waals surface area contributed by atoms with Crippen LogP contribution in [0.15, 0.2) is 10.9 Å². The number of carboxylic acids is 1. The molecule has 3 rings (SSSR count). The van der Waals surface area contributed by atoms with Gasteiger partial charge in [-0.25, -0.2) is 4.98 Å². The van der Waals surface area contributed by atoms with Gasteiger partial charge in [-0.3, -0.25) is 14.9 Å². The van der Waals surface area contributed by atoms with Gasteiger partial charge in [0.15, 0.2) is 0 Å². The smallest absolute Gasteiger partial charge is 0.320 e. The average Bonchev–Trinajstić information content (AvgIpc) is 3.17. The lowest BCUT2D eigenvalue weighted by Gasteiger charge is -2.12. The molecule has 2 aromatic heterocycles. The van der Waals surface area contributed by atoms with Crippen LogP contribution in [0, 0.1) is 5.92 Å². The monoisotopic (exact) mass is 308 g/mol. The van der Waals surface area contributed by atoms with Gasteiger partial charge in [-0.15, -0.1) is 0 Å². The molecule has 2 aromatic rings. The van der Waals surface area contributed by atoms with E-state index in [-0.39, 0.29) is 18.0 Å². The number of hydrogen-bond donors (Lipinski definition) is 2. The maximum absolute atomic E-state index is 12.0. The van der Waals surface area contributed by atoms with Crippen LogP contribution in [0.3, 0.4) is 0 Å². The van der Waals surface area contributed by atoms with Gasteiger partial charge in [-0.1, -0.05) is 18.3 Å². The van der Waals surface area contributed by atoms with E-state index in [1.807, 2.05) is 6.92 Å². The standard InChI is InChI=1S/C13H16N4O3S/c1-2-9-16-17-10(18)5-8(15-13(17)21-9)6-14-11(12(19)20)7-3-4-7/h5,7,11,14H,2-4,6H2,1H3,(H,19,20). The van der Waals surface area contributed by atoms with Crippen molar-refractivity contribution in [3.63, 3.8) is 0 Å². The van der Waals surface area contributed by atoms with Crippen molar-refractivity contribution in [1.82, 2.24) is 19.9 Å². The lowest BCUT2D eigenvalue weighted by Crippen LogP contribution is -2.38. The average molecular weight is 308 g/mol. The number of aryl methyl sites for hydroxylation is 1. The van der Waals surface area contributed by atoms with Gasteiger partial charge in [0, 0.05) is 12.6 Å². The third-order valence-corrected chi connectivity index (χ3v) is 4.56. The predicted octanol–water partition coefficient (Wildman–Crippen LogP) is 0.666. The second-order valence-corrected chi connectivity index (χ2v) is 6.20. The second kappa shape index (κ2) is 5.53. The zero-order chi connectivity index (χ0) is 15.0. The lowest BCUT2D eigenvalue weighted by atomic mass is 10.2. The molecule has 1 saturated carbocycles. The van der Waals surface area contributed by atoms with Gasteiger partial charge < -0.3 is 5.11 Å². The summed E-state index contributed by atoms with van der Waals surface area (Å²) in [5.41, 5.74) is 0.323. The molecule has 0 aliphatic heterocycles. The van der Waals surface area contributed by atoms with Gasteiger partial charge in [-0.05, 0) is 25.2 Å². The van der Waals surface area contributed by atoms with E-state index in [2.05, 4.69) is 15.4 Å². The van der Waals surface area contributed by atoms with E-state index in [1.165, 1.54) is 21.9 Å². The number of carbonyl (C=O) groups is 1. The van der Waals surface area contributed by atoms with E-state index in [0.29, 0.717) is 10.7 Å². The van der Waals surface area contributed by atoms with Gasteiger partial charge in [0.05, 0.1) is 5.69 Å². The number of hydrogen-bond acceptors (Lipinski definition) is 6. The number of nitrogens with zero attached hydrogens (tertiary/aromatic N) is 3. The topological polar surface area (TPSA) is 96.6 Å². The minimum absolute atomic E-state index is 0.197. The van der Waals surface area contributed by atoms with Gasteiger partial charge >= 0.3 is 5.97 Å². The molecule has 2 N–H and O–H groups in total. The molecular formula is C13H16N4O3S. The fraction of sp³-hybridized carbons (Fsp3) is 0.538.